The van der Waals surface area contributed by atoms with Crippen LogP contribution in [0.5, 0.6) is 0 Å². The maximum atomic E-state index is 4.81. The van der Waals surface area contributed by atoms with Gasteiger partial charge in [-0.15, -0.1) is 0 Å². The zero-order valence-electron chi connectivity index (χ0n) is 14.6. The molecule has 0 aromatic heterocycles. The number of piperidine rings is 1. The molecule has 2 aliphatic heterocycles. The van der Waals surface area contributed by atoms with Crippen LogP contribution in [0.1, 0.15) is 46.5 Å². The molecule has 2 atom stereocenters. The van der Waals surface area contributed by atoms with Crippen LogP contribution in [0, 0.1) is 5.92 Å². The Morgan fingerprint density at radius 3 is 2.68 bits per heavy atom. The van der Waals surface area contributed by atoms with Gasteiger partial charge in [0.25, 0.3) is 0 Å². The normalized spacial score (nSPS) is 26.1. The molecule has 2 unspecified atom stereocenters. The molecule has 2 N–H and O–H groups in total. The number of likely N-dealkylation sites (tertiary alicyclic amines) is 1. The van der Waals surface area contributed by atoms with Crippen LogP contribution in [0.15, 0.2) is 4.99 Å². The van der Waals surface area contributed by atoms with E-state index in [-0.39, 0.29) is 0 Å². The van der Waals surface area contributed by atoms with Crippen LogP contribution in [0.3, 0.4) is 0 Å². The molecular formula is C17H34N4S. The highest BCUT2D eigenvalue weighted by molar-refractivity contribution is 8.00. The van der Waals surface area contributed by atoms with Crippen LogP contribution in [-0.2, 0) is 0 Å². The van der Waals surface area contributed by atoms with Crippen molar-refractivity contribution in [2.75, 3.05) is 38.5 Å². The highest BCUT2D eigenvalue weighted by Crippen LogP contribution is 2.25. The van der Waals surface area contributed by atoms with Gasteiger partial charge in [0, 0.05) is 24.4 Å². The fraction of sp³-hybridized carbons (Fsp3) is 0.941. The Bertz CT molecular complexity index is 334. The van der Waals surface area contributed by atoms with Gasteiger partial charge in [-0.1, -0.05) is 6.92 Å². The number of hydrogen-bond donors (Lipinski definition) is 2. The molecule has 0 spiro atoms. The van der Waals surface area contributed by atoms with Crippen LogP contribution in [0.2, 0.25) is 0 Å². The maximum Gasteiger partial charge on any atom is 0.191 e. The van der Waals surface area contributed by atoms with Crippen molar-refractivity contribution in [3.05, 3.63) is 0 Å². The van der Waals surface area contributed by atoms with Gasteiger partial charge in [-0.05, 0) is 64.3 Å². The van der Waals surface area contributed by atoms with Crippen molar-refractivity contribution in [3.8, 4) is 0 Å². The van der Waals surface area contributed by atoms with E-state index in [1.54, 1.807) is 0 Å². The van der Waals surface area contributed by atoms with E-state index in [4.69, 9.17) is 4.99 Å². The minimum Gasteiger partial charge on any atom is -0.357 e. The molecule has 2 heterocycles. The van der Waals surface area contributed by atoms with Gasteiger partial charge in [0.1, 0.15) is 0 Å². The molecular weight excluding hydrogens is 292 g/mol. The third-order valence-electron chi connectivity index (χ3n) is 4.82. The Balaban J connectivity index is 1.75. The van der Waals surface area contributed by atoms with Gasteiger partial charge in [-0.3, -0.25) is 9.89 Å². The summed E-state index contributed by atoms with van der Waals surface area (Å²) in [6.07, 6.45) is 5.39. The van der Waals surface area contributed by atoms with Gasteiger partial charge >= 0.3 is 0 Å². The number of thioether (sulfide) groups is 1. The average Bonchev–Trinajstić information content (AvgIpc) is 3.04. The van der Waals surface area contributed by atoms with Crippen molar-refractivity contribution in [1.82, 2.24) is 15.5 Å². The lowest BCUT2D eigenvalue weighted by Crippen LogP contribution is -2.43. The Labute approximate surface area is 140 Å². The number of rotatable bonds is 6. The Hall–Kier alpha value is -0.420. The molecule has 4 nitrogen and oxygen atoms in total. The van der Waals surface area contributed by atoms with Gasteiger partial charge < -0.3 is 10.6 Å². The van der Waals surface area contributed by atoms with Gasteiger partial charge in [0.2, 0.25) is 0 Å². The highest BCUT2D eigenvalue weighted by Gasteiger charge is 2.20. The summed E-state index contributed by atoms with van der Waals surface area (Å²) in [4.78, 5) is 7.41. The Kier molecular flexibility index (Phi) is 7.87. The zero-order valence-corrected chi connectivity index (χ0v) is 15.4. The van der Waals surface area contributed by atoms with Gasteiger partial charge in [-0.25, -0.2) is 0 Å². The quantitative estimate of drug-likeness (QED) is 0.581. The molecule has 2 saturated heterocycles. The highest BCUT2D eigenvalue weighted by atomic mass is 32.2. The fourth-order valence-electron chi connectivity index (χ4n) is 3.17. The van der Waals surface area contributed by atoms with Crippen molar-refractivity contribution in [3.63, 3.8) is 0 Å². The summed E-state index contributed by atoms with van der Waals surface area (Å²) in [7, 11) is 0. The lowest BCUT2D eigenvalue weighted by molar-refractivity contribution is 0.150. The minimum atomic E-state index is 0.545. The third-order valence-corrected chi connectivity index (χ3v) is 6.22. The topological polar surface area (TPSA) is 39.7 Å². The number of aliphatic imine (C=N–C) groups is 1. The second-order valence-electron chi connectivity index (χ2n) is 6.80. The van der Waals surface area contributed by atoms with Crippen molar-refractivity contribution in [2.24, 2.45) is 10.9 Å². The maximum absolute atomic E-state index is 4.81. The largest absolute Gasteiger partial charge is 0.357 e. The molecule has 0 aliphatic carbocycles. The first kappa shape index (κ1) is 17.9. The SMILES string of the molecule is CCNC(=NCC(C)N1CCC(C)CC1)NCC1CCCS1. The van der Waals surface area contributed by atoms with Crippen LogP contribution >= 0.6 is 11.8 Å². The molecule has 0 aromatic carbocycles. The number of guanidine groups is 1. The predicted octanol–water partition coefficient (Wildman–Crippen LogP) is 2.56. The zero-order chi connectivity index (χ0) is 15.8. The predicted molar refractivity (Wildman–Crippen MR) is 98.9 cm³/mol. The summed E-state index contributed by atoms with van der Waals surface area (Å²) in [5.74, 6) is 3.21. The summed E-state index contributed by atoms with van der Waals surface area (Å²) in [5, 5.41) is 7.68. The summed E-state index contributed by atoms with van der Waals surface area (Å²) in [6.45, 7) is 12.2. The van der Waals surface area contributed by atoms with Gasteiger partial charge in [0.15, 0.2) is 5.96 Å². The van der Waals surface area contributed by atoms with Gasteiger partial charge in [0.05, 0.1) is 6.54 Å². The van der Waals surface area contributed by atoms with Crippen LogP contribution in [0.25, 0.3) is 0 Å². The van der Waals surface area contributed by atoms with E-state index in [1.165, 1.54) is 44.5 Å². The van der Waals surface area contributed by atoms with Crippen LogP contribution in [-0.4, -0.2) is 60.6 Å². The van der Waals surface area contributed by atoms with E-state index in [0.29, 0.717) is 6.04 Å². The molecule has 5 heteroatoms. The van der Waals surface area contributed by atoms with Crippen molar-refractivity contribution < 1.29 is 0 Å². The van der Waals surface area contributed by atoms with E-state index in [1.807, 2.05) is 0 Å². The minimum absolute atomic E-state index is 0.545. The van der Waals surface area contributed by atoms with E-state index < -0.39 is 0 Å². The Morgan fingerprint density at radius 2 is 2.05 bits per heavy atom. The van der Waals surface area contributed by atoms with E-state index >= 15 is 0 Å². The lowest BCUT2D eigenvalue weighted by Gasteiger charge is -2.34. The molecule has 22 heavy (non-hydrogen) atoms. The van der Waals surface area contributed by atoms with Crippen molar-refractivity contribution in [1.29, 1.82) is 0 Å². The number of nitrogens with one attached hydrogen (secondary N) is 2. The summed E-state index contributed by atoms with van der Waals surface area (Å²) < 4.78 is 0. The molecule has 0 aromatic rings. The smallest absolute Gasteiger partial charge is 0.191 e. The van der Waals surface area contributed by atoms with Crippen molar-refractivity contribution >= 4 is 17.7 Å². The molecule has 2 rings (SSSR count). The molecule has 128 valence electrons. The van der Waals surface area contributed by atoms with Crippen LogP contribution in [0.4, 0.5) is 0 Å². The summed E-state index contributed by atoms with van der Waals surface area (Å²) >= 11 is 2.10. The second kappa shape index (κ2) is 9.66. The monoisotopic (exact) mass is 326 g/mol. The van der Waals surface area contributed by atoms with Crippen LogP contribution < -0.4 is 10.6 Å². The summed E-state index contributed by atoms with van der Waals surface area (Å²) in [6, 6.07) is 0.545. The first-order chi connectivity index (χ1) is 10.7. The number of hydrogen-bond acceptors (Lipinski definition) is 3. The molecule has 0 saturated carbocycles. The molecule has 2 aliphatic rings. The molecule has 0 radical (unpaired) electrons. The van der Waals surface area contributed by atoms with E-state index in [9.17, 15) is 0 Å². The van der Waals surface area contributed by atoms with Crippen molar-refractivity contribution in [2.45, 2.75) is 57.7 Å². The average molecular weight is 327 g/mol. The van der Waals surface area contributed by atoms with E-state index in [0.717, 1.165) is 36.8 Å². The number of nitrogens with zero attached hydrogens (tertiary/aromatic N) is 2. The third kappa shape index (κ3) is 5.99. The summed E-state index contributed by atoms with van der Waals surface area (Å²) in [5.41, 5.74) is 0. The lowest BCUT2D eigenvalue weighted by atomic mass is 9.98. The standard InChI is InChI=1S/C17H34N4S/c1-4-18-17(20-13-16-6-5-11-22-16)19-12-15(3)21-9-7-14(2)8-10-21/h14-16H,4-13H2,1-3H3,(H2,18,19,20). The fourth-order valence-corrected chi connectivity index (χ4v) is 4.37. The first-order valence-electron chi connectivity index (χ1n) is 9.07. The molecule has 0 amide bonds. The first-order valence-corrected chi connectivity index (χ1v) is 10.1. The molecule has 0 bridgehead atoms. The Morgan fingerprint density at radius 1 is 1.27 bits per heavy atom. The van der Waals surface area contributed by atoms with E-state index in [2.05, 4.69) is 48.1 Å². The van der Waals surface area contributed by atoms with Gasteiger partial charge in [-0.2, -0.15) is 11.8 Å². The second-order valence-corrected chi connectivity index (χ2v) is 8.21. The molecule has 2 fully saturated rings.